The maximum Gasteiger partial charge on any atom is 0.268 e. The van der Waals surface area contributed by atoms with Crippen LogP contribution in [0.4, 0.5) is 11.4 Å². The molecule has 0 spiro atoms. The van der Waals surface area contributed by atoms with Gasteiger partial charge >= 0.3 is 0 Å². The normalized spacial score (nSPS) is 16.3. The number of amides is 2. The Kier molecular flexibility index (Phi) is 4.66. The summed E-state index contributed by atoms with van der Waals surface area (Å²) in [4.78, 5) is 27.0. The van der Waals surface area contributed by atoms with Crippen LogP contribution in [0.1, 0.15) is 11.8 Å². The summed E-state index contributed by atoms with van der Waals surface area (Å²) in [6.45, 7) is 5.82. The molecule has 2 amide bonds. The van der Waals surface area contributed by atoms with Gasteiger partial charge in [-0.15, -0.1) is 17.9 Å². The number of carbonyl (C=O) groups is 2. The number of hydrogen-bond acceptors (Lipinski definition) is 4. The number of rotatable bonds is 5. The number of nitrogens with zero attached hydrogens (tertiary/aromatic N) is 1. The van der Waals surface area contributed by atoms with E-state index in [0.29, 0.717) is 30.1 Å². The number of anilines is 2. The number of thiophene rings is 1. The maximum absolute atomic E-state index is 12.2. The van der Waals surface area contributed by atoms with Gasteiger partial charge < -0.3 is 15.0 Å². The van der Waals surface area contributed by atoms with Crippen LogP contribution in [-0.2, 0) is 16.0 Å². The summed E-state index contributed by atoms with van der Waals surface area (Å²) >= 11 is 1.55. The molecule has 2 heterocycles. The molecule has 1 atom stereocenters. The molecular formula is C18H18N2O3S. The van der Waals surface area contributed by atoms with Gasteiger partial charge in [0.1, 0.15) is 5.75 Å². The molecule has 3 rings (SSSR count). The average Bonchev–Trinajstić information content (AvgIpc) is 3.04. The molecule has 1 unspecified atom stereocenters. The minimum absolute atomic E-state index is 0.0831. The van der Waals surface area contributed by atoms with Gasteiger partial charge in [0.05, 0.1) is 12.1 Å². The summed E-state index contributed by atoms with van der Waals surface area (Å²) in [5.41, 5.74) is 1.34. The lowest BCUT2D eigenvalue weighted by Gasteiger charge is -2.32. The lowest BCUT2D eigenvalue weighted by molar-refractivity contribution is -0.125. The van der Waals surface area contributed by atoms with Crippen molar-refractivity contribution in [1.29, 1.82) is 0 Å². The highest BCUT2D eigenvalue weighted by Crippen LogP contribution is 2.36. The van der Waals surface area contributed by atoms with Crippen molar-refractivity contribution in [3.05, 3.63) is 53.2 Å². The van der Waals surface area contributed by atoms with Crippen LogP contribution >= 0.6 is 11.3 Å². The van der Waals surface area contributed by atoms with Crippen molar-refractivity contribution >= 4 is 34.5 Å². The smallest absolute Gasteiger partial charge is 0.268 e. The number of hydrogen-bond donors (Lipinski definition) is 1. The SMILES string of the molecule is C=CCN1C(=O)C(C)Oc2cc(NC(=O)Cc3cccs3)ccc21. The number of ether oxygens (including phenoxy) is 1. The van der Waals surface area contributed by atoms with Crippen LogP contribution in [-0.4, -0.2) is 24.5 Å². The summed E-state index contributed by atoms with van der Waals surface area (Å²) < 4.78 is 5.67. The van der Waals surface area contributed by atoms with Crippen molar-refractivity contribution in [2.45, 2.75) is 19.4 Å². The molecule has 124 valence electrons. The van der Waals surface area contributed by atoms with E-state index in [-0.39, 0.29) is 11.8 Å². The van der Waals surface area contributed by atoms with Gasteiger partial charge in [-0.2, -0.15) is 0 Å². The van der Waals surface area contributed by atoms with E-state index in [1.165, 1.54) is 0 Å². The summed E-state index contributed by atoms with van der Waals surface area (Å²) in [6.07, 6.45) is 1.46. The molecule has 1 aromatic heterocycles. The Labute approximate surface area is 144 Å². The van der Waals surface area contributed by atoms with Gasteiger partial charge in [0.2, 0.25) is 5.91 Å². The molecule has 5 nitrogen and oxygen atoms in total. The Bertz CT molecular complexity index is 771. The molecule has 0 radical (unpaired) electrons. The van der Waals surface area contributed by atoms with Crippen molar-refractivity contribution in [3.63, 3.8) is 0 Å². The zero-order valence-electron chi connectivity index (χ0n) is 13.3. The van der Waals surface area contributed by atoms with Crippen LogP contribution in [0.2, 0.25) is 0 Å². The standard InChI is InChI=1S/C18H18N2O3S/c1-3-8-20-15-7-6-13(10-16(15)23-12(2)18(20)22)19-17(21)11-14-5-4-9-24-14/h3-7,9-10,12H,1,8,11H2,2H3,(H,19,21). The van der Waals surface area contributed by atoms with Crippen LogP contribution in [0.15, 0.2) is 48.4 Å². The Morgan fingerprint density at radius 3 is 3.00 bits per heavy atom. The minimum Gasteiger partial charge on any atom is -0.479 e. The van der Waals surface area contributed by atoms with E-state index in [0.717, 1.165) is 4.88 Å². The average molecular weight is 342 g/mol. The van der Waals surface area contributed by atoms with Crippen LogP contribution in [0.25, 0.3) is 0 Å². The monoisotopic (exact) mass is 342 g/mol. The van der Waals surface area contributed by atoms with E-state index in [9.17, 15) is 9.59 Å². The fourth-order valence-electron chi connectivity index (χ4n) is 2.58. The Hall–Kier alpha value is -2.60. The Morgan fingerprint density at radius 2 is 2.29 bits per heavy atom. The van der Waals surface area contributed by atoms with Gasteiger partial charge in [-0.3, -0.25) is 9.59 Å². The summed E-state index contributed by atoms with van der Waals surface area (Å²) in [5, 5.41) is 4.81. The predicted octanol–water partition coefficient (Wildman–Crippen LogP) is 3.23. The topological polar surface area (TPSA) is 58.6 Å². The first kappa shape index (κ1) is 16.3. The second-order valence-electron chi connectivity index (χ2n) is 5.48. The predicted molar refractivity (Wildman–Crippen MR) is 95.7 cm³/mol. The van der Waals surface area contributed by atoms with Gasteiger partial charge in [-0.25, -0.2) is 0 Å². The van der Waals surface area contributed by atoms with Crippen molar-refractivity contribution in [2.24, 2.45) is 0 Å². The van der Waals surface area contributed by atoms with Gasteiger partial charge in [0.15, 0.2) is 6.10 Å². The van der Waals surface area contributed by atoms with Gasteiger partial charge in [0, 0.05) is 23.2 Å². The molecular weight excluding hydrogens is 324 g/mol. The molecule has 24 heavy (non-hydrogen) atoms. The van der Waals surface area contributed by atoms with Gasteiger partial charge in [-0.05, 0) is 30.5 Å². The minimum atomic E-state index is -0.561. The Balaban J connectivity index is 1.78. The first-order valence-corrected chi connectivity index (χ1v) is 8.51. The highest BCUT2D eigenvalue weighted by molar-refractivity contribution is 7.10. The number of nitrogens with one attached hydrogen (secondary N) is 1. The number of carbonyl (C=O) groups excluding carboxylic acids is 2. The Morgan fingerprint density at radius 1 is 1.46 bits per heavy atom. The van der Waals surface area contributed by atoms with Crippen molar-refractivity contribution in [3.8, 4) is 5.75 Å². The fraction of sp³-hybridized carbons (Fsp3) is 0.222. The second kappa shape index (κ2) is 6.88. The third-order valence-electron chi connectivity index (χ3n) is 3.68. The van der Waals surface area contributed by atoms with E-state index in [2.05, 4.69) is 11.9 Å². The van der Waals surface area contributed by atoms with Crippen LogP contribution in [0.3, 0.4) is 0 Å². The third kappa shape index (κ3) is 3.33. The molecule has 0 bridgehead atoms. The zero-order valence-corrected chi connectivity index (χ0v) is 14.1. The molecule has 2 aromatic rings. The second-order valence-corrected chi connectivity index (χ2v) is 6.52. The van der Waals surface area contributed by atoms with Crippen molar-refractivity contribution < 1.29 is 14.3 Å². The molecule has 1 N–H and O–H groups in total. The van der Waals surface area contributed by atoms with Crippen molar-refractivity contribution in [1.82, 2.24) is 0 Å². The molecule has 1 aliphatic heterocycles. The van der Waals surface area contributed by atoms with Crippen molar-refractivity contribution in [2.75, 3.05) is 16.8 Å². The summed E-state index contributed by atoms with van der Waals surface area (Å²) in [5.74, 6) is 0.398. The number of benzene rings is 1. The highest BCUT2D eigenvalue weighted by atomic mass is 32.1. The van der Waals surface area contributed by atoms with Gasteiger partial charge in [0.25, 0.3) is 5.91 Å². The van der Waals surface area contributed by atoms with E-state index in [1.54, 1.807) is 47.4 Å². The van der Waals surface area contributed by atoms with Crippen LogP contribution in [0, 0.1) is 0 Å². The molecule has 1 aliphatic rings. The summed E-state index contributed by atoms with van der Waals surface area (Å²) in [6, 6.07) is 9.16. The molecule has 6 heteroatoms. The van der Waals surface area contributed by atoms with E-state index in [1.807, 2.05) is 17.5 Å². The molecule has 1 aromatic carbocycles. The third-order valence-corrected chi connectivity index (χ3v) is 4.55. The molecule has 0 saturated heterocycles. The van der Waals surface area contributed by atoms with E-state index in [4.69, 9.17) is 4.74 Å². The first-order valence-electron chi connectivity index (χ1n) is 7.63. The fourth-order valence-corrected chi connectivity index (χ4v) is 3.29. The molecule has 0 fully saturated rings. The zero-order chi connectivity index (χ0) is 17.1. The molecule has 0 saturated carbocycles. The highest BCUT2D eigenvalue weighted by Gasteiger charge is 2.30. The number of fused-ring (bicyclic) bond motifs is 1. The van der Waals surface area contributed by atoms with Gasteiger partial charge in [-0.1, -0.05) is 12.1 Å². The van der Waals surface area contributed by atoms with E-state index >= 15 is 0 Å². The summed E-state index contributed by atoms with van der Waals surface area (Å²) in [7, 11) is 0. The van der Waals surface area contributed by atoms with E-state index < -0.39 is 6.10 Å². The van der Waals surface area contributed by atoms with Crippen LogP contribution < -0.4 is 15.0 Å². The lowest BCUT2D eigenvalue weighted by Crippen LogP contribution is -2.44. The largest absolute Gasteiger partial charge is 0.479 e. The lowest BCUT2D eigenvalue weighted by atomic mass is 10.1. The molecule has 0 aliphatic carbocycles. The quantitative estimate of drug-likeness (QED) is 0.849. The maximum atomic E-state index is 12.2. The first-order chi connectivity index (χ1) is 11.6. The van der Waals surface area contributed by atoms with Crippen LogP contribution in [0.5, 0.6) is 5.75 Å².